The molecule has 0 heterocycles. The topological polar surface area (TPSA) is 58.2 Å². The standard InChI is InChI=1S/C20H26N2O2/c1-6-11-21-18(23)14-9-7-8-10-16(14)22-19(24)17-15(12-13(2)3)20(17,4)5/h6-10,12,15,17H,1,11H2,2-5H3,(H,21,23)(H,22,24). The van der Waals surface area contributed by atoms with E-state index in [0.717, 1.165) is 0 Å². The van der Waals surface area contributed by atoms with Gasteiger partial charge in [0, 0.05) is 6.54 Å². The van der Waals surface area contributed by atoms with Gasteiger partial charge < -0.3 is 10.6 Å². The molecule has 1 saturated carbocycles. The summed E-state index contributed by atoms with van der Waals surface area (Å²) in [5.74, 6) is -0.0888. The van der Waals surface area contributed by atoms with Crippen LogP contribution in [0, 0.1) is 17.3 Å². The van der Waals surface area contributed by atoms with Crippen LogP contribution in [-0.4, -0.2) is 18.4 Å². The van der Waals surface area contributed by atoms with Gasteiger partial charge in [0.15, 0.2) is 0 Å². The summed E-state index contributed by atoms with van der Waals surface area (Å²) in [6.45, 7) is 12.3. The van der Waals surface area contributed by atoms with Crippen molar-refractivity contribution in [1.82, 2.24) is 5.32 Å². The van der Waals surface area contributed by atoms with Crippen LogP contribution in [0.5, 0.6) is 0 Å². The van der Waals surface area contributed by atoms with Gasteiger partial charge in [-0.05, 0) is 37.3 Å². The molecule has 1 fully saturated rings. The summed E-state index contributed by atoms with van der Waals surface area (Å²) in [6, 6.07) is 7.06. The molecule has 2 unspecified atom stereocenters. The summed E-state index contributed by atoms with van der Waals surface area (Å²) in [4.78, 5) is 24.9. The first kappa shape index (κ1) is 18.0. The first-order chi connectivity index (χ1) is 11.3. The lowest BCUT2D eigenvalue weighted by Crippen LogP contribution is -2.26. The Balaban J connectivity index is 2.15. The summed E-state index contributed by atoms with van der Waals surface area (Å²) in [5.41, 5.74) is 2.17. The van der Waals surface area contributed by atoms with Gasteiger partial charge in [-0.3, -0.25) is 9.59 Å². The van der Waals surface area contributed by atoms with Crippen molar-refractivity contribution in [3.63, 3.8) is 0 Å². The Bertz CT molecular complexity index is 685. The van der Waals surface area contributed by atoms with Crippen LogP contribution in [0.1, 0.15) is 38.1 Å². The van der Waals surface area contributed by atoms with Crippen LogP contribution in [0.4, 0.5) is 5.69 Å². The summed E-state index contributed by atoms with van der Waals surface area (Å²) in [7, 11) is 0. The summed E-state index contributed by atoms with van der Waals surface area (Å²) in [6.07, 6.45) is 3.78. The number of nitrogens with one attached hydrogen (secondary N) is 2. The molecule has 0 saturated heterocycles. The van der Waals surface area contributed by atoms with E-state index in [-0.39, 0.29) is 29.1 Å². The minimum Gasteiger partial charge on any atom is -0.349 e. The number of anilines is 1. The molecule has 0 aliphatic heterocycles. The number of hydrogen-bond donors (Lipinski definition) is 2. The molecule has 1 aliphatic carbocycles. The summed E-state index contributed by atoms with van der Waals surface area (Å²) < 4.78 is 0. The molecule has 2 rings (SSSR count). The molecular formula is C20H26N2O2. The molecule has 1 aromatic rings. The average molecular weight is 326 g/mol. The smallest absolute Gasteiger partial charge is 0.253 e. The maximum atomic E-state index is 12.7. The molecule has 24 heavy (non-hydrogen) atoms. The molecule has 2 N–H and O–H groups in total. The Morgan fingerprint density at radius 3 is 2.54 bits per heavy atom. The van der Waals surface area contributed by atoms with Gasteiger partial charge in [-0.15, -0.1) is 6.58 Å². The number of rotatable bonds is 6. The predicted octanol–water partition coefficient (Wildman–Crippen LogP) is 3.78. The molecule has 128 valence electrons. The van der Waals surface area contributed by atoms with E-state index < -0.39 is 0 Å². The van der Waals surface area contributed by atoms with Gasteiger partial charge in [-0.1, -0.05) is 43.7 Å². The highest BCUT2D eigenvalue weighted by Crippen LogP contribution is 2.59. The zero-order valence-corrected chi connectivity index (χ0v) is 14.8. The minimum atomic E-state index is -0.221. The molecule has 4 nitrogen and oxygen atoms in total. The fourth-order valence-corrected chi connectivity index (χ4v) is 3.11. The second kappa shape index (κ2) is 7.04. The van der Waals surface area contributed by atoms with Crippen LogP contribution < -0.4 is 10.6 Å². The van der Waals surface area contributed by atoms with Crippen LogP contribution >= 0.6 is 0 Å². The second-order valence-corrected chi connectivity index (χ2v) is 7.10. The third-order valence-electron chi connectivity index (χ3n) is 4.54. The quantitative estimate of drug-likeness (QED) is 0.782. The van der Waals surface area contributed by atoms with Gasteiger partial charge >= 0.3 is 0 Å². The lowest BCUT2D eigenvalue weighted by atomic mass is 10.1. The molecule has 2 atom stereocenters. The maximum Gasteiger partial charge on any atom is 0.253 e. The number of carbonyl (C=O) groups is 2. The number of carbonyl (C=O) groups excluding carboxylic acids is 2. The fraction of sp³-hybridized carbons (Fsp3) is 0.400. The van der Waals surface area contributed by atoms with Crippen molar-refractivity contribution in [2.24, 2.45) is 17.3 Å². The summed E-state index contributed by atoms with van der Waals surface area (Å²) in [5, 5.41) is 5.67. The van der Waals surface area contributed by atoms with Gasteiger partial charge in [0.25, 0.3) is 5.91 Å². The summed E-state index contributed by atoms with van der Waals surface area (Å²) >= 11 is 0. The first-order valence-electron chi connectivity index (χ1n) is 8.23. The Morgan fingerprint density at radius 1 is 1.25 bits per heavy atom. The Hall–Kier alpha value is -2.36. The average Bonchev–Trinajstić information content (AvgIpc) is 3.05. The number of allylic oxidation sites excluding steroid dienone is 2. The van der Waals surface area contributed by atoms with Crippen molar-refractivity contribution in [2.75, 3.05) is 11.9 Å². The van der Waals surface area contributed by atoms with Gasteiger partial charge in [0.2, 0.25) is 5.91 Å². The molecule has 1 aromatic carbocycles. The second-order valence-electron chi connectivity index (χ2n) is 7.10. The van der Waals surface area contributed by atoms with Gasteiger partial charge in [0.1, 0.15) is 0 Å². The molecule has 4 heteroatoms. The van der Waals surface area contributed by atoms with Gasteiger partial charge in [0.05, 0.1) is 17.2 Å². The van der Waals surface area contributed by atoms with E-state index >= 15 is 0 Å². The Kier molecular flexibility index (Phi) is 5.27. The Morgan fingerprint density at radius 2 is 1.92 bits per heavy atom. The fourth-order valence-electron chi connectivity index (χ4n) is 3.11. The molecule has 0 aromatic heterocycles. The lowest BCUT2D eigenvalue weighted by molar-refractivity contribution is -0.118. The molecule has 0 spiro atoms. The van der Waals surface area contributed by atoms with Gasteiger partial charge in [-0.2, -0.15) is 0 Å². The minimum absolute atomic E-state index is 0.0357. The lowest BCUT2D eigenvalue weighted by Gasteiger charge is -2.11. The van der Waals surface area contributed by atoms with Crippen molar-refractivity contribution < 1.29 is 9.59 Å². The van der Waals surface area contributed by atoms with Crippen LogP contribution in [-0.2, 0) is 4.79 Å². The van der Waals surface area contributed by atoms with Crippen molar-refractivity contribution in [3.8, 4) is 0 Å². The van der Waals surface area contributed by atoms with E-state index in [9.17, 15) is 9.59 Å². The van der Waals surface area contributed by atoms with E-state index in [2.05, 4.69) is 37.1 Å². The zero-order chi connectivity index (χ0) is 17.9. The number of para-hydroxylation sites is 1. The van der Waals surface area contributed by atoms with Crippen LogP contribution in [0.2, 0.25) is 0 Å². The van der Waals surface area contributed by atoms with E-state index in [1.165, 1.54) is 5.57 Å². The molecule has 1 aliphatic rings. The highest BCUT2D eigenvalue weighted by Gasteiger charge is 2.60. The highest BCUT2D eigenvalue weighted by atomic mass is 16.2. The van der Waals surface area contributed by atoms with E-state index in [1.54, 1.807) is 24.3 Å². The van der Waals surface area contributed by atoms with Crippen molar-refractivity contribution >= 4 is 17.5 Å². The third kappa shape index (κ3) is 3.75. The normalized spacial score (nSPS) is 20.7. The number of amides is 2. The van der Waals surface area contributed by atoms with E-state index in [0.29, 0.717) is 17.8 Å². The number of benzene rings is 1. The van der Waals surface area contributed by atoms with Crippen molar-refractivity contribution in [2.45, 2.75) is 27.7 Å². The first-order valence-corrected chi connectivity index (χ1v) is 8.23. The van der Waals surface area contributed by atoms with E-state index in [1.807, 2.05) is 19.9 Å². The molecule has 2 amide bonds. The third-order valence-corrected chi connectivity index (χ3v) is 4.54. The Labute approximate surface area is 144 Å². The zero-order valence-electron chi connectivity index (χ0n) is 14.8. The molecule has 0 radical (unpaired) electrons. The van der Waals surface area contributed by atoms with Crippen LogP contribution in [0.3, 0.4) is 0 Å². The predicted molar refractivity (Wildman–Crippen MR) is 97.8 cm³/mol. The van der Waals surface area contributed by atoms with Gasteiger partial charge in [-0.25, -0.2) is 0 Å². The molecular weight excluding hydrogens is 300 g/mol. The monoisotopic (exact) mass is 326 g/mol. The van der Waals surface area contributed by atoms with Crippen LogP contribution in [0.25, 0.3) is 0 Å². The highest BCUT2D eigenvalue weighted by molar-refractivity contribution is 6.05. The largest absolute Gasteiger partial charge is 0.349 e. The van der Waals surface area contributed by atoms with Crippen LogP contribution in [0.15, 0.2) is 48.6 Å². The SMILES string of the molecule is C=CCNC(=O)c1ccccc1NC(=O)C1C(C=C(C)C)C1(C)C. The van der Waals surface area contributed by atoms with Crippen molar-refractivity contribution in [3.05, 3.63) is 54.1 Å². The molecule has 0 bridgehead atoms. The van der Waals surface area contributed by atoms with E-state index in [4.69, 9.17) is 0 Å². The maximum absolute atomic E-state index is 12.7. The number of hydrogen-bond acceptors (Lipinski definition) is 2. The van der Waals surface area contributed by atoms with Crippen molar-refractivity contribution in [1.29, 1.82) is 0 Å².